The van der Waals surface area contributed by atoms with Gasteiger partial charge in [0.1, 0.15) is 54.0 Å². The summed E-state index contributed by atoms with van der Waals surface area (Å²) in [5.74, 6) is -2.16. The fourth-order valence-electron chi connectivity index (χ4n) is 15.3. The van der Waals surface area contributed by atoms with Gasteiger partial charge < -0.3 is 38.9 Å². The van der Waals surface area contributed by atoms with Gasteiger partial charge in [0.15, 0.2) is 0 Å². The Kier molecular flexibility index (Phi) is 24.1. The van der Waals surface area contributed by atoms with Crippen molar-refractivity contribution in [2.45, 2.75) is 97.3 Å². The van der Waals surface area contributed by atoms with Crippen molar-refractivity contribution >= 4 is 135 Å². The van der Waals surface area contributed by atoms with E-state index in [-0.39, 0.29) is 54.5 Å². The molecule has 16 rings (SSSR count). The lowest BCUT2D eigenvalue weighted by Gasteiger charge is -2.35. The van der Waals surface area contributed by atoms with Crippen LogP contribution < -0.4 is 0 Å². The van der Waals surface area contributed by atoms with Gasteiger partial charge in [-0.3, -0.25) is 19.6 Å². The first-order valence-corrected chi connectivity index (χ1v) is 39.0. The van der Waals surface area contributed by atoms with Crippen LogP contribution in [0.5, 0.6) is 0 Å². The van der Waals surface area contributed by atoms with E-state index in [4.69, 9.17) is 53.8 Å². The van der Waals surface area contributed by atoms with E-state index in [1.54, 1.807) is 19.1 Å². The number of carbonyl (C=O) groups excluding carboxylic acids is 4. The molecule has 566 valence electrons. The van der Waals surface area contributed by atoms with Gasteiger partial charge in [-0.25, -0.2) is 36.7 Å². The number of hydrogen-bond acceptors (Lipinski definition) is 8. The second-order valence-electron chi connectivity index (χ2n) is 27.2. The summed E-state index contributed by atoms with van der Waals surface area (Å²) in [7, 11) is 0. The SMILES string of the molecule is CCOC(=O)N1CCc2c([nH]c3ccc(Br)cc23)C1c1ccc(C(C)C)cc1.CCOC(=O)N1CCc2c([nH]c3ccc(Br)cc23)C1c1ccc(C)cc1.CCOC(=O)N1CCc2c([nH]c3ccc(Cl)cc23)C1c1ccc(F)cc1F.O=C(OCCCl)N1CCc2c([nH]c3ccc(Cl)cc23)C1c1ccc(F)cc1F. The normalized spacial score (nSPS) is 16.4. The number of ether oxygens (including phenoxy) is 4. The molecule has 16 nitrogen and oxygen atoms in total. The number of rotatable bonds is 10. The number of fused-ring (bicyclic) bond motifs is 12. The quantitative estimate of drug-likeness (QED) is 0.0593. The van der Waals surface area contributed by atoms with Gasteiger partial charge in [-0.2, -0.15) is 0 Å². The minimum Gasteiger partial charge on any atom is -0.450 e. The largest absolute Gasteiger partial charge is 0.450 e. The number of benzene rings is 8. The van der Waals surface area contributed by atoms with Crippen LogP contribution in [0.25, 0.3) is 43.6 Å². The van der Waals surface area contributed by atoms with Gasteiger partial charge in [-0.05, 0) is 183 Å². The summed E-state index contributed by atoms with van der Waals surface area (Å²) in [4.78, 5) is 70.8. The van der Waals surface area contributed by atoms with Crippen molar-refractivity contribution in [1.82, 2.24) is 39.5 Å². The number of hydrogen-bond donors (Lipinski definition) is 4. The van der Waals surface area contributed by atoms with E-state index in [1.165, 1.54) is 67.1 Å². The van der Waals surface area contributed by atoms with Crippen LogP contribution in [0.1, 0.15) is 143 Å². The minimum atomic E-state index is -0.779. The maximum atomic E-state index is 14.7. The summed E-state index contributed by atoms with van der Waals surface area (Å²) in [6.07, 6.45) is 1.09. The molecule has 4 N–H and O–H groups in total. The minimum absolute atomic E-state index is 0.0463. The fraction of sp³-hybridized carbons (Fsp3) is 0.286. The second kappa shape index (κ2) is 33.8. The van der Waals surface area contributed by atoms with Crippen LogP contribution in [-0.2, 0) is 44.6 Å². The first-order valence-electron chi connectivity index (χ1n) is 36.1. The third-order valence-corrected chi connectivity index (χ3v) is 21.8. The van der Waals surface area contributed by atoms with Gasteiger partial charge in [0.25, 0.3) is 0 Å². The first kappa shape index (κ1) is 77.7. The van der Waals surface area contributed by atoms with Crippen LogP contribution >= 0.6 is 66.7 Å². The first-order chi connectivity index (χ1) is 52.6. The third-order valence-electron chi connectivity index (χ3n) is 20.2. The number of alkyl halides is 1. The van der Waals surface area contributed by atoms with Crippen LogP contribution in [0.2, 0.25) is 10.0 Å². The standard InChI is InChI=1S/C23H25BrN2O2.C21H21BrN2O2.C20H16Cl2F2N2O2.C20H17ClF2N2O2/c1-4-28-23(27)26-12-11-18-19-13-17(24)9-10-20(19)25-21(18)22(26)16-7-5-15(6-8-16)14(2)3;1-3-26-21(25)24-11-10-16-17-12-15(22)8-9-18(17)23-19(16)20(24)14-6-4-13(2)5-7-14;21-6-8-28-20(27)26-7-5-13-15-9-11(22)1-4-17(15)25-18(13)19(26)14-3-2-12(23)10-16(14)24;1-2-27-20(26)25-8-7-13-15-9-11(21)3-6-17(15)24-18(13)19(25)14-5-4-12(22)10-16(14)23/h5-10,13-14,22,25H,4,11-12H2,1-3H3;4-9,12,20,23H,3,10-11H2,1-2H3;1-4,9-10,19,25H,5-8H2;3-6,9-10,19,24H,2,7-8H2,1H3. The highest BCUT2D eigenvalue weighted by Crippen LogP contribution is 2.45. The zero-order valence-electron chi connectivity index (χ0n) is 60.5. The summed E-state index contributed by atoms with van der Waals surface area (Å²) >= 11 is 25.0. The maximum Gasteiger partial charge on any atom is 0.410 e. The lowest BCUT2D eigenvalue weighted by atomic mass is 9.91. The number of halogens is 9. The van der Waals surface area contributed by atoms with Gasteiger partial charge >= 0.3 is 24.4 Å². The molecule has 0 bridgehead atoms. The lowest BCUT2D eigenvalue weighted by Crippen LogP contribution is -2.41. The number of aryl methyl sites for hydroxylation is 1. The molecule has 4 atom stereocenters. The van der Waals surface area contributed by atoms with E-state index in [1.807, 2.05) is 60.0 Å². The lowest BCUT2D eigenvalue weighted by molar-refractivity contribution is 0.0919. The molecule has 12 aromatic rings. The molecule has 4 aliphatic heterocycles. The van der Waals surface area contributed by atoms with Crippen LogP contribution in [-0.4, -0.2) is 122 Å². The van der Waals surface area contributed by atoms with Crippen molar-refractivity contribution in [2.24, 2.45) is 0 Å². The van der Waals surface area contributed by atoms with Crippen LogP contribution in [0.4, 0.5) is 36.7 Å². The smallest absolute Gasteiger partial charge is 0.410 e. The molecule has 0 spiro atoms. The highest BCUT2D eigenvalue weighted by Gasteiger charge is 2.41. The van der Waals surface area contributed by atoms with E-state index in [0.717, 1.165) is 100 Å². The van der Waals surface area contributed by atoms with Crippen molar-refractivity contribution in [2.75, 3.05) is 58.5 Å². The topological polar surface area (TPSA) is 181 Å². The molecule has 109 heavy (non-hydrogen) atoms. The molecule has 25 heteroatoms. The average Bonchev–Trinajstić information content (AvgIpc) is 1.65. The van der Waals surface area contributed by atoms with Crippen molar-refractivity contribution in [3.63, 3.8) is 0 Å². The molecule has 0 radical (unpaired) electrons. The summed E-state index contributed by atoms with van der Waals surface area (Å²) < 4.78 is 79.3. The molecule has 0 aliphatic carbocycles. The summed E-state index contributed by atoms with van der Waals surface area (Å²) in [6.45, 7) is 14.8. The highest BCUT2D eigenvalue weighted by atomic mass is 79.9. The molecule has 4 unspecified atom stereocenters. The third kappa shape index (κ3) is 16.3. The van der Waals surface area contributed by atoms with Gasteiger partial charge in [0.2, 0.25) is 0 Å². The van der Waals surface area contributed by atoms with Crippen LogP contribution in [0, 0.1) is 30.2 Å². The maximum absolute atomic E-state index is 14.7. The van der Waals surface area contributed by atoms with E-state index in [9.17, 15) is 36.7 Å². The Morgan fingerprint density at radius 1 is 0.440 bits per heavy atom. The van der Waals surface area contributed by atoms with Gasteiger partial charge in [0.05, 0.1) is 25.7 Å². The molecule has 0 fully saturated rings. The van der Waals surface area contributed by atoms with Crippen LogP contribution in [0.3, 0.4) is 0 Å². The number of aromatic amines is 4. The fourth-order valence-corrected chi connectivity index (χ4v) is 16.4. The predicted octanol–water partition coefficient (Wildman–Crippen LogP) is 22.1. The Morgan fingerprint density at radius 3 is 1.12 bits per heavy atom. The number of nitrogens with zero attached hydrogens (tertiary/aromatic N) is 4. The van der Waals surface area contributed by atoms with Crippen molar-refractivity contribution in [1.29, 1.82) is 0 Å². The Morgan fingerprint density at radius 2 is 0.771 bits per heavy atom. The van der Waals surface area contributed by atoms with E-state index < -0.39 is 47.5 Å². The Hall–Kier alpha value is -9.45. The Bertz CT molecular complexity index is 5380. The monoisotopic (exact) mass is 1670 g/mol. The summed E-state index contributed by atoms with van der Waals surface area (Å²) in [5.41, 5.74) is 17.0. The molecule has 8 heterocycles. The van der Waals surface area contributed by atoms with Crippen LogP contribution in [0.15, 0.2) is 167 Å². The van der Waals surface area contributed by atoms with Crippen molar-refractivity contribution in [3.05, 3.63) is 278 Å². The molecular weight excluding hydrogens is 1590 g/mol. The Balaban J connectivity index is 0.000000128. The zero-order chi connectivity index (χ0) is 77.1. The van der Waals surface area contributed by atoms with Crippen molar-refractivity contribution < 1.29 is 55.7 Å². The van der Waals surface area contributed by atoms with Crippen molar-refractivity contribution in [3.8, 4) is 0 Å². The van der Waals surface area contributed by atoms with Gasteiger partial charge in [-0.1, -0.05) is 135 Å². The highest BCUT2D eigenvalue weighted by molar-refractivity contribution is 9.10. The molecule has 4 aliphatic rings. The second-order valence-corrected chi connectivity index (χ2v) is 30.3. The van der Waals surface area contributed by atoms with E-state index >= 15 is 0 Å². The van der Waals surface area contributed by atoms with Gasteiger partial charge in [0, 0.05) is 135 Å². The Labute approximate surface area is 659 Å². The summed E-state index contributed by atoms with van der Waals surface area (Å²) in [6, 6.07) is 45.3. The number of nitrogens with one attached hydrogen (secondary N) is 4. The summed E-state index contributed by atoms with van der Waals surface area (Å²) in [5, 5.41) is 5.48. The van der Waals surface area contributed by atoms with Gasteiger partial charge in [-0.15, -0.1) is 11.6 Å². The number of carbonyl (C=O) groups is 4. The number of aromatic nitrogens is 4. The molecule has 0 saturated heterocycles. The molecule has 4 aromatic heterocycles. The number of H-pyrrole nitrogens is 4. The zero-order valence-corrected chi connectivity index (χ0v) is 66.0. The molecular formula is C84H79Br2Cl3F4N8O8. The molecule has 4 amide bonds. The average molecular weight is 1670 g/mol. The molecule has 0 saturated carbocycles. The predicted molar refractivity (Wildman–Crippen MR) is 425 cm³/mol. The van der Waals surface area contributed by atoms with E-state index in [0.29, 0.717) is 79.6 Å². The van der Waals surface area contributed by atoms with E-state index in [2.05, 4.69) is 145 Å². The molecule has 8 aromatic carbocycles. The number of amides is 4.